The molecule has 0 aliphatic heterocycles. The van der Waals surface area contributed by atoms with Crippen LogP contribution in [0.1, 0.15) is 36.8 Å². The van der Waals surface area contributed by atoms with E-state index in [9.17, 15) is 9.90 Å². The Hall–Kier alpha value is -2.21. The van der Waals surface area contributed by atoms with Gasteiger partial charge in [0.05, 0.1) is 13.2 Å². The second kappa shape index (κ2) is 5.65. The third-order valence-corrected chi connectivity index (χ3v) is 3.27. The molecule has 0 saturated carbocycles. The summed E-state index contributed by atoms with van der Waals surface area (Å²) in [6.45, 7) is 6.42. The lowest BCUT2D eigenvalue weighted by Crippen LogP contribution is -2.11. The van der Waals surface area contributed by atoms with Crippen LogP contribution in [0.3, 0.4) is 0 Å². The Balaban J connectivity index is 2.50. The van der Waals surface area contributed by atoms with Gasteiger partial charge in [0, 0.05) is 5.56 Å². The highest BCUT2D eigenvalue weighted by Crippen LogP contribution is 2.27. The van der Waals surface area contributed by atoms with Gasteiger partial charge in [0.1, 0.15) is 5.69 Å². The van der Waals surface area contributed by atoms with E-state index in [1.165, 1.54) is 4.68 Å². The van der Waals surface area contributed by atoms with Crippen LogP contribution in [0.5, 0.6) is 0 Å². The lowest BCUT2D eigenvalue weighted by molar-refractivity contribution is 0.0691. The summed E-state index contributed by atoms with van der Waals surface area (Å²) in [6.07, 6.45) is 0. The quantitative estimate of drug-likeness (QED) is 0.898. The molecular weight excluding hydrogens is 270 g/mol. The fourth-order valence-corrected chi connectivity index (χ4v) is 2.12. The van der Waals surface area contributed by atoms with Crippen LogP contribution in [0, 0.1) is 0 Å². The van der Waals surface area contributed by atoms with Crippen molar-refractivity contribution in [1.82, 2.24) is 15.0 Å². The molecule has 2 N–H and O–H groups in total. The first-order valence-electron chi connectivity index (χ1n) is 6.73. The van der Waals surface area contributed by atoms with Crippen molar-refractivity contribution in [1.29, 1.82) is 0 Å². The average molecular weight is 289 g/mol. The molecule has 0 aliphatic carbocycles. The molecular formula is C15H19N3O3. The summed E-state index contributed by atoms with van der Waals surface area (Å²) in [5, 5.41) is 25.8. The molecule has 21 heavy (non-hydrogen) atoms. The second-order valence-electron chi connectivity index (χ2n) is 5.87. The van der Waals surface area contributed by atoms with E-state index in [2.05, 4.69) is 31.1 Å². The van der Waals surface area contributed by atoms with E-state index in [0.29, 0.717) is 5.69 Å². The molecule has 0 unspecified atom stereocenters. The van der Waals surface area contributed by atoms with Crippen molar-refractivity contribution in [2.24, 2.45) is 0 Å². The molecule has 6 nitrogen and oxygen atoms in total. The zero-order valence-electron chi connectivity index (χ0n) is 12.4. The Labute approximate surface area is 123 Å². The number of carboxylic acids is 1. The highest BCUT2D eigenvalue weighted by molar-refractivity contribution is 5.92. The van der Waals surface area contributed by atoms with Crippen LogP contribution in [0.4, 0.5) is 0 Å². The Morgan fingerprint density at radius 3 is 2.33 bits per heavy atom. The minimum atomic E-state index is -1.13. The normalized spacial score (nSPS) is 11.6. The van der Waals surface area contributed by atoms with Gasteiger partial charge in [-0.1, -0.05) is 50.3 Å². The van der Waals surface area contributed by atoms with Crippen molar-refractivity contribution >= 4 is 5.97 Å². The van der Waals surface area contributed by atoms with E-state index in [-0.39, 0.29) is 24.3 Å². The first kappa shape index (κ1) is 15.2. The molecule has 0 bridgehead atoms. The van der Waals surface area contributed by atoms with Crippen molar-refractivity contribution in [2.45, 2.75) is 32.7 Å². The fraction of sp³-hybridized carbons (Fsp3) is 0.400. The topological polar surface area (TPSA) is 88.2 Å². The second-order valence-corrected chi connectivity index (χ2v) is 5.87. The molecule has 1 aromatic heterocycles. The molecule has 2 rings (SSSR count). The lowest BCUT2D eigenvalue weighted by atomic mass is 9.86. The molecule has 0 fully saturated rings. The van der Waals surface area contributed by atoms with Crippen molar-refractivity contribution in [3.05, 3.63) is 35.5 Å². The third-order valence-electron chi connectivity index (χ3n) is 3.27. The molecule has 0 radical (unpaired) electrons. The van der Waals surface area contributed by atoms with Gasteiger partial charge in [0.25, 0.3) is 0 Å². The molecule has 6 heteroatoms. The SMILES string of the molecule is CC(C)(C)c1ccc(-c2c(C(=O)O)nnn2CCO)cc1. The van der Waals surface area contributed by atoms with Crippen LogP contribution in [0.15, 0.2) is 24.3 Å². The van der Waals surface area contributed by atoms with Crippen molar-refractivity contribution < 1.29 is 15.0 Å². The Bertz CT molecular complexity index is 639. The van der Waals surface area contributed by atoms with Crippen LogP contribution < -0.4 is 0 Å². The average Bonchev–Trinajstić information content (AvgIpc) is 2.82. The summed E-state index contributed by atoms with van der Waals surface area (Å²) < 4.78 is 1.41. The zero-order valence-corrected chi connectivity index (χ0v) is 12.4. The monoisotopic (exact) mass is 289 g/mol. The predicted molar refractivity (Wildman–Crippen MR) is 78.2 cm³/mol. The molecule has 112 valence electrons. The first-order chi connectivity index (χ1) is 9.84. The van der Waals surface area contributed by atoms with Crippen LogP contribution in [0.25, 0.3) is 11.3 Å². The number of aromatic carboxylic acids is 1. The maximum absolute atomic E-state index is 11.3. The molecule has 1 heterocycles. The van der Waals surface area contributed by atoms with Gasteiger partial charge in [0.2, 0.25) is 0 Å². The summed E-state index contributed by atoms with van der Waals surface area (Å²) in [5.74, 6) is -1.13. The number of aromatic nitrogens is 3. The van der Waals surface area contributed by atoms with E-state index >= 15 is 0 Å². The number of carbonyl (C=O) groups is 1. The number of carboxylic acid groups (broad SMARTS) is 1. The van der Waals surface area contributed by atoms with E-state index < -0.39 is 5.97 Å². The van der Waals surface area contributed by atoms with Crippen LogP contribution in [0.2, 0.25) is 0 Å². The van der Waals surface area contributed by atoms with Gasteiger partial charge in [-0.15, -0.1) is 5.10 Å². The largest absolute Gasteiger partial charge is 0.476 e. The highest BCUT2D eigenvalue weighted by Gasteiger charge is 2.21. The maximum Gasteiger partial charge on any atom is 0.358 e. The Morgan fingerprint density at radius 2 is 1.86 bits per heavy atom. The number of hydrogen-bond acceptors (Lipinski definition) is 4. The van der Waals surface area contributed by atoms with Gasteiger partial charge in [-0.3, -0.25) is 0 Å². The predicted octanol–water partition coefficient (Wildman–Crippen LogP) is 1.93. The van der Waals surface area contributed by atoms with Gasteiger partial charge < -0.3 is 10.2 Å². The number of benzene rings is 1. The molecule has 0 spiro atoms. The minimum absolute atomic E-state index is 0.0255. The molecule has 0 amide bonds. The molecule has 0 saturated heterocycles. The van der Waals surface area contributed by atoms with E-state index in [1.54, 1.807) is 0 Å². The minimum Gasteiger partial charge on any atom is -0.476 e. The van der Waals surface area contributed by atoms with Crippen LogP contribution >= 0.6 is 0 Å². The van der Waals surface area contributed by atoms with Crippen molar-refractivity contribution in [3.63, 3.8) is 0 Å². The number of aliphatic hydroxyl groups excluding tert-OH is 1. The number of hydrogen-bond donors (Lipinski definition) is 2. The number of nitrogens with zero attached hydrogens (tertiary/aromatic N) is 3. The number of rotatable bonds is 4. The van der Waals surface area contributed by atoms with Gasteiger partial charge in [0.15, 0.2) is 5.69 Å². The van der Waals surface area contributed by atoms with E-state index in [1.807, 2.05) is 24.3 Å². The summed E-state index contributed by atoms with van der Waals surface area (Å²) in [5.41, 5.74) is 2.21. The van der Waals surface area contributed by atoms with Gasteiger partial charge in [-0.25, -0.2) is 9.48 Å². The molecule has 0 atom stereocenters. The summed E-state index contributed by atoms with van der Waals surface area (Å²) in [4.78, 5) is 11.3. The zero-order chi connectivity index (χ0) is 15.6. The van der Waals surface area contributed by atoms with Crippen LogP contribution in [-0.2, 0) is 12.0 Å². The standard InChI is InChI=1S/C15H19N3O3/c1-15(2,3)11-6-4-10(5-7-11)13-12(14(20)21)16-17-18(13)8-9-19/h4-7,19H,8-9H2,1-3H3,(H,20,21). The summed E-state index contributed by atoms with van der Waals surface area (Å²) in [7, 11) is 0. The third kappa shape index (κ3) is 3.11. The van der Waals surface area contributed by atoms with Crippen LogP contribution in [-0.4, -0.2) is 37.8 Å². The smallest absolute Gasteiger partial charge is 0.358 e. The first-order valence-corrected chi connectivity index (χ1v) is 6.73. The van der Waals surface area contributed by atoms with Crippen molar-refractivity contribution in [3.8, 4) is 11.3 Å². The lowest BCUT2D eigenvalue weighted by Gasteiger charge is -2.19. The highest BCUT2D eigenvalue weighted by atomic mass is 16.4. The van der Waals surface area contributed by atoms with Gasteiger partial charge in [-0.05, 0) is 11.0 Å². The Kier molecular flexibility index (Phi) is 4.09. The summed E-state index contributed by atoms with van der Waals surface area (Å²) >= 11 is 0. The molecule has 1 aromatic carbocycles. The Morgan fingerprint density at radius 1 is 1.24 bits per heavy atom. The van der Waals surface area contributed by atoms with Gasteiger partial charge in [-0.2, -0.15) is 0 Å². The van der Waals surface area contributed by atoms with E-state index in [0.717, 1.165) is 11.1 Å². The molecule has 2 aromatic rings. The van der Waals surface area contributed by atoms with Gasteiger partial charge >= 0.3 is 5.97 Å². The fourth-order valence-electron chi connectivity index (χ4n) is 2.12. The molecule has 0 aliphatic rings. The van der Waals surface area contributed by atoms with Crippen molar-refractivity contribution in [2.75, 3.05) is 6.61 Å². The van der Waals surface area contributed by atoms with E-state index in [4.69, 9.17) is 5.11 Å². The maximum atomic E-state index is 11.3. The number of aliphatic hydroxyl groups is 1. The summed E-state index contributed by atoms with van der Waals surface area (Å²) in [6, 6.07) is 7.66.